The van der Waals surface area contributed by atoms with Gasteiger partial charge < -0.3 is 10.6 Å². The van der Waals surface area contributed by atoms with Crippen LogP contribution in [0.2, 0.25) is 0 Å². The maximum absolute atomic E-state index is 13.5. The van der Waals surface area contributed by atoms with E-state index in [4.69, 9.17) is 10.5 Å². The van der Waals surface area contributed by atoms with Gasteiger partial charge in [-0.3, -0.25) is 4.79 Å². The first-order valence-corrected chi connectivity index (χ1v) is 4.91. The summed E-state index contributed by atoms with van der Waals surface area (Å²) >= 11 is 0. The number of hydrogen-bond acceptors (Lipinski definition) is 4. The fraction of sp³-hybridized carbons (Fsp3) is 0.0833. The number of anilines is 2. The van der Waals surface area contributed by atoms with E-state index in [1.54, 1.807) is 12.1 Å². The van der Waals surface area contributed by atoms with Gasteiger partial charge in [-0.1, -0.05) is 0 Å². The molecular formula is C12H9FN4O. The largest absolute Gasteiger partial charge is 0.360 e. The van der Waals surface area contributed by atoms with Crippen LogP contribution in [0, 0.1) is 28.5 Å². The van der Waals surface area contributed by atoms with Crippen LogP contribution in [0.4, 0.5) is 15.8 Å². The first-order valence-electron chi connectivity index (χ1n) is 4.91. The quantitative estimate of drug-likeness (QED) is 0.797. The van der Waals surface area contributed by atoms with Crippen molar-refractivity contribution in [2.45, 2.75) is 6.92 Å². The molecule has 0 bridgehead atoms. The third kappa shape index (κ3) is 3.62. The van der Waals surface area contributed by atoms with Crippen molar-refractivity contribution in [3.8, 4) is 12.1 Å². The maximum atomic E-state index is 13.5. The van der Waals surface area contributed by atoms with Crippen molar-refractivity contribution in [2.24, 2.45) is 0 Å². The van der Waals surface area contributed by atoms with Crippen LogP contribution in [-0.2, 0) is 4.79 Å². The first kappa shape index (κ1) is 13.2. The van der Waals surface area contributed by atoms with E-state index < -0.39 is 5.82 Å². The summed E-state index contributed by atoms with van der Waals surface area (Å²) in [7, 11) is 0. The Balaban J connectivity index is 2.86. The van der Waals surface area contributed by atoms with Gasteiger partial charge in [0.05, 0.1) is 5.69 Å². The van der Waals surface area contributed by atoms with Crippen molar-refractivity contribution < 1.29 is 9.18 Å². The smallest absolute Gasteiger partial charge is 0.221 e. The molecule has 0 saturated heterocycles. The summed E-state index contributed by atoms with van der Waals surface area (Å²) in [5, 5.41) is 21.9. The molecule has 18 heavy (non-hydrogen) atoms. The molecule has 0 heterocycles. The molecule has 1 aromatic carbocycles. The van der Waals surface area contributed by atoms with E-state index >= 15 is 0 Å². The molecule has 0 atom stereocenters. The summed E-state index contributed by atoms with van der Waals surface area (Å²) in [4.78, 5) is 10.8. The number of hydrogen-bond donors (Lipinski definition) is 2. The number of halogens is 1. The average Bonchev–Trinajstić information content (AvgIpc) is 2.33. The Hall–Kier alpha value is -2.86. The van der Waals surface area contributed by atoms with Gasteiger partial charge in [0, 0.05) is 18.8 Å². The van der Waals surface area contributed by atoms with Gasteiger partial charge in [0.25, 0.3) is 0 Å². The SMILES string of the molecule is CC(=O)Nc1ccc(NC=C(C#N)C#N)cc1F. The lowest BCUT2D eigenvalue weighted by atomic mass is 10.2. The Morgan fingerprint density at radius 1 is 1.39 bits per heavy atom. The van der Waals surface area contributed by atoms with E-state index in [1.165, 1.54) is 25.3 Å². The van der Waals surface area contributed by atoms with Gasteiger partial charge in [-0.2, -0.15) is 10.5 Å². The molecule has 6 heteroatoms. The lowest BCUT2D eigenvalue weighted by Gasteiger charge is -2.06. The van der Waals surface area contributed by atoms with Crippen LogP contribution < -0.4 is 10.6 Å². The summed E-state index contributed by atoms with van der Waals surface area (Å²) in [6.07, 6.45) is 1.17. The zero-order valence-electron chi connectivity index (χ0n) is 9.49. The molecule has 0 radical (unpaired) electrons. The molecule has 0 fully saturated rings. The van der Waals surface area contributed by atoms with Gasteiger partial charge in [0.2, 0.25) is 5.91 Å². The molecule has 1 rings (SSSR count). The summed E-state index contributed by atoms with van der Waals surface area (Å²) in [5.41, 5.74) is 0.309. The number of rotatable bonds is 3. The fourth-order valence-electron chi connectivity index (χ4n) is 1.14. The minimum atomic E-state index is -0.612. The Morgan fingerprint density at radius 3 is 2.56 bits per heavy atom. The number of nitriles is 2. The molecule has 90 valence electrons. The Kier molecular flexibility index (Phi) is 4.42. The van der Waals surface area contributed by atoms with Gasteiger partial charge in [0.1, 0.15) is 23.5 Å². The van der Waals surface area contributed by atoms with Gasteiger partial charge in [-0.05, 0) is 18.2 Å². The predicted octanol–water partition coefficient (Wildman–Crippen LogP) is 2.13. The third-order valence-corrected chi connectivity index (χ3v) is 1.90. The van der Waals surface area contributed by atoms with Crippen LogP contribution in [0.5, 0.6) is 0 Å². The highest BCUT2D eigenvalue weighted by atomic mass is 19.1. The highest BCUT2D eigenvalue weighted by Gasteiger charge is 2.04. The van der Waals surface area contributed by atoms with Crippen molar-refractivity contribution in [3.05, 3.63) is 35.8 Å². The highest BCUT2D eigenvalue weighted by Crippen LogP contribution is 2.19. The van der Waals surface area contributed by atoms with Crippen LogP contribution in [0.25, 0.3) is 0 Å². The second-order valence-corrected chi connectivity index (χ2v) is 3.30. The average molecular weight is 244 g/mol. The number of allylic oxidation sites excluding steroid dienone is 1. The molecule has 5 nitrogen and oxygen atoms in total. The van der Waals surface area contributed by atoms with Crippen molar-refractivity contribution in [2.75, 3.05) is 10.6 Å². The minimum Gasteiger partial charge on any atom is -0.360 e. The molecule has 0 unspecified atom stereocenters. The fourth-order valence-corrected chi connectivity index (χ4v) is 1.14. The van der Waals surface area contributed by atoms with Gasteiger partial charge in [0.15, 0.2) is 0 Å². The number of carbonyl (C=O) groups excluding carboxylic acids is 1. The normalized spacial score (nSPS) is 8.67. The molecule has 2 N–H and O–H groups in total. The van der Waals surface area contributed by atoms with Crippen LogP contribution >= 0.6 is 0 Å². The standard InChI is InChI=1S/C12H9FN4O/c1-8(18)17-12-3-2-10(4-11(12)13)16-7-9(5-14)6-15/h2-4,7,16H,1H3,(H,17,18). The van der Waals surface area contributed by atoms with E-state index in [2.05, 4.69) is 10.6 Å². The summed E-state index contributed by atoms with van der Waals surface area (Å²) in [6, 6.07) is 7.36. The number of amides is 1. The topological polar surface area (TPSA) is 88.7 Å². The van der Waals surface area contributed by atoms with Gasteiger partial charge >= 0.3 is 0 Å². The molecule has 1 amide bonds. The molecule has 1 aromatic rings. The number of nitrogens with zero attached hydrogens (tertiary/aromatic N) is 2. The van der Waals surface area contributed by atoms with Crippen LogP contribution in [-0.4, -0.2) is 5.91 Å². The lowest BCUT2D eigenvalue weighted by Crippen LogP contribution is -2.07. The van der Waals surface area contributed by atoms with E-state index in [0.717, 1.165) is 6.07 Å². The summed E-state index contributed by atoms with van der Waals surface area (Å²) in [6.45, 7) is 1.28. The van der Waals surface area contributed by atoms with E-state index in [-0.39, 0.29) is 17.2 Å². The summed E-state index contributed by atoms with van der Waals surface area (Å²) in [5.74, 6) is -0.982. The van der Waals surface area contributed by atoms with Crippen molar-refractivity contribution >= 4 is 17.3 Å². The minimum absolute atomic E-state index is 0.0674. The Morgan fingerprint density at radius 2 is 2.06 bits per heavy atom. The third-order valence-electron chi connectivity index (χ3n) is 1.90. The molecular weight excluding hydrogens is 235 g/mol. The molecule has 0 spiro atoms. The molecule has 0 aliphatic carbocycles. The lowest BCUT2D eigenvalue weighted by molar-refractivity contribution is -0.114. The van der Waals surface area contributed by atoms with E-state index in [1.807, 2.05) is 0 Å². The van der Waals surface area contributed by atoms with E-state index in [0.29, 0.717) is 5.69 Å². The van der Waals surface area contributed by atoms with Crippen molar-refractivity contribution in [1.29, 1.82) is 10.5 Å². The molecule has 0 saturated carbocycles. The Bertz CT molecular complexity index is 565. The van der Waals surface area contributed by atoms with Gasteiger partial charge in [-0.15, -0.1) is 0 Å². The van der Waals surface area contributed by atoms with Crippen LogP contribution in [0.1, 0.15) is 6.92 Å². The first-order chi connectivity index (χ1) is 8.56. The zero-order chi connectivity index (χ0) is 13.5. The summed E-state index contributed by atoms with van der Waals surface area (Å²) < 4.78 is 13.5. The second kappa shape index (κ2) is 6.02. The van der Waals surface area contributed by atoms with Crippen molar-refractivity contribution in [1.82, 2.24) is 0 Å². The van der Waals surface area contributed by atoms with Crippen LogP contribution in [0.3, 0.4) is 0 Å². The Labute approximate surface area is 103 Å². The molecule has 0 aromatic heterocycles. The zero-order valence-corrected chi connectivity index (χ0v) is 9.49. The predicted molar refractivity (Wildman–Crippen MR) is 63.6 cm³/mol. The van der Waals surface area contributed by atoms with E-state index in [9.17, 15) is 9.18 Å². The molecule has 0 aliphatic rings. The molecule has 0 aliphatic heterocycles. The van der Waals surface area contributed by atoms with Crippen LogP contribution in [0.15, 0.2) is 30.0 Å². The van der Waals surface area contributed by atoms with Crippen molar-refractivity contribution in [3.63, 3.8) is 0 Å². The second-order valence-electron chi connectivity index (χ2n) is 3.30. The number of carbonyl (C=O) groups is 1. The highest BCUT2D eigenvalue weighted by molar-refractivity contribution is 5.89. The number of benzene rings is 1. The monoisotopic (exact) mass is 244 g/mol. The maximum Gasteiger partial charge on any atom is 0.221 e. The number of nitrogens with one attached hydrogen (secondary N) is 2. The van der Waals surface area contributed by atoms with Gasteiger partial charge in [-0.25, -0.2) is 4.39 Å².